The number of benzene rings is 1. The number of amides is 2. The quantitative estimate of drug-likeness (QED) is 0.903. The van der Waals surface area contributed by atoms with E-state index in [4.69, 9.17) is 23.2 Å². The van der Waals surface area contributed by atoms with E-state index in [1.807, 2.05) is 0 Å². The summed E-state index contributed by atoms with van der Waals surface area (Å²) in [5, 5.41) is 3.52. The van der Waals surface area contributed by atoms with Crippen molar-refractivity contribution in [3.8, 4) is 0 Å². The van der Waals surface area contributed by atoms with Gasteiger partial charge in [0.15, 0.2) is 0 Å². The van der Waals surface area contributed by atoms with Gasteiger partial charge in [-0.15, -0.1) is 0 Å². The first kappa shape index (κ1) is 15.9. The van der Waals surface area contributed by atoms with Crippen LogP contribution < -0.4 is 5.32 Å². The third-order valence-corrected chi connectivity index (χ3v) is 4.33. The molecular formula is C14H16Cl2N2O3. The van der Waals surface area contributed by atoms with Gasteiger partial charge in [0.25, 0.3) is 0 Å². The number of piperidine rings is 1. The molecule has 0 atom stereocenters. The second-order valence-corrected chi connectivity index (χ2v) is 5.61. The normalized spacial score (nSPS) is 15.7. The number of rotatable bonds is 2. The van der Waals surface area contributed by atoms with Gasteiger partial charge in [-0.05, 0) is 25.0 Å². The third-order valence-electron chi connectivity index (χ3n) is 3.51. The van der Waals surface area contributed by atoms with Gasteiger partial charge < -0.3 is 15.0 Å². The highest BCUT2D eigenvalue weighted by Gasteiger charge is 2.28. The van der Waals surface area contributed by atoms with Crippen LogP contribution in [-0.2, 0) is 9.53 Å². The van der Waals surface area contributed by atoms with Crippen molar-refractivity contribution >= 4 is 40.9 Å². The number of likely N-dealkylation sites (tertiary alicyclic amines) is 1. The molecule has 0 saturated carbocycles. The van der Waals surface area contributed by atoms with Gasteiger partial charge in [-0.2, -0.15) is 0 Å². The average Bonchev–Trinajstić information content (AvgIpc) is 2.51. The molecule has 5 nitrogen and oxygen atoms in total. The summed E-state index contributed by atoms with van der Waals surface area (Å²) in [4.78, 5) is 25.2. The maximum atomic E-state index is 12.2. The Balaban J connectivity index is 1.93. The van der Waals surface area contributed by atoms with Crippen LogP contribution in [0.1, 0.15) is 12.8 Å². The predicted molar refractivity (Wildman–Crippen MR) is 81.8 cm³/mol. The van der Waals surface area contributed by atoms with Gasteiger partial charge in [0.2, 0.25) is 5.91 Å². The Morgan fingerprint density at radius 2 is 1.95 bits per heavy atom. The predicted octanol–water partition coefficient (Wildman–Crippen LogP) is 3.41. The molecule has 0 radical (unpaired) electrons. The highest BCUT2D eigenvalue weighted by molar-refractivity contribution is 6.44. The Hall–Kier alpha value is -1.46. The lowest BCUT2D eigenvalue weighted by Crippen LogP contribution is -2.41. The summed E-state index contributed by atoms with van der Waals surface area (Å²) in [7, 11) is 1.35. The van der Waals surface area contributed by atoms with E-state index in [0.29, 0.717) is 41.7 Å². The molecule has 114 valence electrons. The van der Waals surface area contributed by atoms with E-state index in [9.17, 15) is 9.59 Å². The van der Waals surface area contributed by atoms with Gasteiger partial charge in [-0.3, -0.25) is 4.79 Å². The summed E-state index contributed by atoms with van der Waals surface area (Å²) >= 11 is 12.0. The summed E-state index contributed by atoms with van der Waals surface area (Å²) < 4.78 is 4.66. The van der Waals surface area contributed by atoms with Crippen LogP contribution >= 0.6 is 23.2 Å². The second-order valence-electron chi connectivity index (χ2n) is 4.82. The summed E-state index contributed by atoms with van der Waals surface area (Å²) in [5.74, 6) is -0.260. The maximum absolute atomic E-state index is 12.2. The average molecular weight is 331 g/mol. The fraction of sp³-hybridized carbons (Fsp3) is 0.429. The number of anilines is 1. The smallest absolute Gasteiger partial charge is 0.409 e. The molecule has 0 unspecified atom stereocenters. The summed E-state index contributed by atoms with van der Waals surface area (Å²) in [5.41, 5.74) is 0.504. The molecule has 0 spiro atoms. The first-order valence-electron chi connectivity index (χ1n) is 6.60. The lowest BCUT2D eigenvalue weighted by atomic mass is 9.96. The largest absolute Gasteiger partial charge is 0.453 e. The van der Waals surface area contributed by atoms with E-state index < -0.39 is 0 Å². The molecule has 1 saturated heterocycles. The number of nitrogens with zero attached hydrogens (tertiary/aromatic N) is 1. The van der Waals surface area contributed by atoms with E-state index in [0.717, 1.165) is 0 Å². The minimum Gasteiger partial charge on any atom is -0.453 e. The first-order valence-corrected chi connectivity index (χ1v) is 7.36. The fourth-order valence-electron chi connectivity index (χ4n) is 2.29. The van der Waals surface area contributed by atoms with Crippen molar-refractivity contribution in [2.75, 3.05) is 25.5 Å². The Labute approximate surface area is 133 Å². The van der Waals surface area contributed by atoms with Gasteiger partial charge >= 0.3 is 6.09 Å². The standard InChI is InChI=1S/C14H16Cl2N2O3/c1-21-14(20)18-7-5-9(6-8-18)13(19)17-11-4-2-3-10(15)12(11)16/h2-4,9H,5-8H2,1H3,(H,17,19). The Morgan fingerprint density at radius 3 is 2.57 bits per heavy atom. The molecule has 21 heavy (non-hydrogen) atoms. The van der Waals surface area contributed by atoms with Crippen LogP contribution in [0.2, 0.25) is 10.0 Å². The number of methoxy groups -OCH3 is 1. The molecule has 0 bridgehead atoms. The molecule has 1 N–H and O–H groups in total. The van der Waals surface area contributed by atoms with Crippen LogP contribution in [0.25, 0.3) is 0 Å². The van der Waals surface area contributed by atoms with Gasteiger partial charge in [0.05, 0.1) is 22.8 Å². The molecule has 7 heteroatoms. The SMILES string of the molecule is COC(=O)N1CCC(C(=O)Nc2cccc(Cl)c2Cl)CC1. The summed E-state index contributed by atoms with van der Waals surface area (Å²) in [6.07, 6.45) is 0.838. The Morgan fingerprint density at radius 1 is 1.29 bits per heavy atom. The highest BCUT2D eigenvalue weighted by atomic mass is 35.5. The van der Waals surface area contributed by atoms with Crippen molar-refractivity contribution in [1.82, 2.24) is 4.90 Å². The van der Waals surface area contributed by atoms with Crippen LogP contribution in [0.3, 0.4) is 0 Å². The lowest BCUT2D eigenvalue weighted by Gasteiger charge is -2.30. The number of carbonyl (C=O) groups excluding carboxylic acids is 2. The molecular weight excluding hydrogens is 315 g/mol. The lowest BCUT2D eigenvalue weighted by molar-refractivity contribution is -0.121. The van der Waals surface area contributed by atoms with Gasteiger partial charge in [-0.25, -0.2) is 4.79 Å². The first-order chi connectivity index (χ1) is 10.0. The number of carbonyl (C=O) groups is 2. The number of nitrogens with one attached hydrogen (secondary N) is 1. The van der Waals surface area contributed by atoms with Crippen molar-refractivity contribution in [3.05, 3.63) is 28.2 Å². The van der Waals surface area contributed by atoms with Crippen LogP contribution in [0.15, 0.2) is 18.2 Å². The minimum atomic E-state index is -0.355. The van der Waals surface area contributed by atoms with E-state index >= 15 is 0 Å². The summed E-state index contributed by atoms with van der Waals surface area (Å²) in [6, 6.07) is 5.09. The maximum Gasteiger partial charge on any atom is 0.409 e. The molecule has 1 aliphatic rings. The molecule has 1 fully saturated rings. The van der Waals surface area contributed by atoms with Crippen molar-refractivity contribution in [2.45, 2.75) is 12.8 Å². The number of hydrogen-bond donors (Lipinski definition) is 1. The summed E-state index contributed by atoms with van der Waals surface area (Å²) in [6.45, 7) is 1.02. The van der Waals surface area contributed by atoms with E-state index in [-0.39, 0.29) is 17.9 Å². The zero-order chi connectivity index (χ0) is 15.4. The number of ether oxygens (including phenoxy) is 1. The number of hydrogen-bond acceptors (Lipinski definition) is 3. The Bertz CT molecular complexity index is 543. The molecule has 2 rings (SSSR count). The topological polar surface area (TPSA) is 58.6 Å². The van der Waals surface area contributed by atoms with E-state index in [1.54, 1.807) is 23.1 Å². The van der Waals surface area contributed by atoms with Gasteiger partial charge in [0.1, 0.15) is 0 Å². The third kappa shape index (κ3) is 3.80. The van der Waals surface area contributed by atoms with Crippen molar-refractivity contribution in [2.24, 2.45) is 5.92 Å². The molecule has 2 amide bonds. The highest BCUT2D eigenvalue weighted by Crippen LogP contribution is 2.30. The second kappa shape index (κ2) is 7.00. The molecule has 0 aliphatic carbocycles. The monoisotopic (exact) mass is 330 g/mol. The minimum absolute atomic E-state index is 0.108. The van der Waals surface area contributed by atoms with Crippen LogP contribution in [0.4, 0.5) is 10.5 Å². The number of halogens is 2. The van der Waals surface area contributed by atoms with Gasteiger partial charge in [-0.1, -0.05) is 29.3 Å². The Kier molecular flexibility index (Phi) is 5.31. The fourth-order valence-corrected chi connectivity index (χ4v) is 2.64. The van der Waals surface area contributed by atoms with Crippen molar-refractivity contribution in [3.63, 3.8) is 0 Å². The molecule has 0 aromatic heterocycles. The van der Waals surface area contributed by atoms with Crippen LogP contribution in [0, 0.1) is 5.92 Å². The van der Waals surface area contributed by atoms with E-state index in [1.165, 1.54) is 7.11 Å². The zero-order valence-corrected chi connectivity index (χ0v) is 13.1. The molecule has 1 aromatic carbocycles. The van der Waals surface area contributed by atoms with Crippen LogP contribution in [0.5, 0.6) is 0 Å². The van der Waals surface area contributed by atoms with Gasteiger partial charge in [0, 0.05) is 19.0 Å². The zero-order valence-electron chi connectivity index (χ0n) is 11.6. The van der Waals surface area contributed by atoms with E-state index in [2.05, 4.69) is 10.1 Å². The molecule has 1 aliphatic heterocycles. The van der Waals surface area contributed by atoms with Crippen molar-refractivity contribution in [1.29, 1.82) is 0 Å². The van der Waals surface area contributed by atoms with Crippen LogP contribution in [-0.4, -0.2) is 37.1 Å². The molecule has 1 heterocycles. The molecule has 1 aromatic rings. The van der Waals surface area contributed by atoms with Crippen molar-refractivity contribution < 1.29 is 14.3 Å².